The standard InChI is InChI=1S/C11H18N2O3S/c1-8(2)7-12-17(15,16)13-11-5-4-10(14)6-9(11)3/h4-6,8,12-14H,7H2,1-3H3. The average molecular weight is 258 g/mol. The van der Waals surface area contributed by atoms with Gasteiger partial charge in [-0.2, -0.15) is 13.1 Å². The molecule has 17 heavy (non-hydrogen) atoms. The summed E-state index contributed by atoms with van der Waals surface area (Å²) in [5.41, 5.74) is 1.12. The number of hydrogen-bond donors (Lipinski definition) is 3. The van der Waals surface area contributed by atoms with Crippen molar-refractivity contribution >= 4 is 15.9 Å². The molecule has 0 aromatic heterocycles. The van der Waals surface area contributed by atoms with Gasteiger partial charge in [0.2, 0.25) is 0 Å². The first kappa shape index (κ1) is 13.8. The average Bonchev–Trinajstić information content (AvgIpc) is 2.20. The van der Waals surface area contributed by atoms with E-state index in [0.717, 1.165) is 0 Å². The van der Waals surface area contributed by atoms with Crippen molar-refractivity contribution in [2.75, 3.05) is 11.3 Å². The van der Waals surface area contributed by atoms with Crippen LogP contribution in [-0.2, 0) is 10.2 Å². The highest BCUT2D eigenvalue weighted by molar-refractivity contribution is 7.90. The summed E-state index contributed by atoms with van der Waals surface area (Å²) in [4.78, 5) is 0. The minimum atomic E-state index is -3.55. The monoisotopic (exact) mass is 258 g/mol. The van der Waals surface area contributed by atoms with Gasteiger partial charge in [0.25, 0.3) is 10.2 Å². The molecule has 5 nitrogen and oxygen atoms in total. The summed E-state index contributed by atoms with van der Waals surface area (Å²) < 4.78 is 28.2. The van der Waals surface area contributed by atoms with Crippen molar-refractivity contribution in [1.82, 2.24) is 4.72 Å². The lowest BCUT2D eigenvalue weighted by Crippen LogP contribution is -2.33. The van der Waals surface area contributed by atoms with Crippen LogP contribution in [0.15, 0.2) is 18.2 Å². The number of aryl methyl sites for hydroxylation is 1. The van der Waals surface area contributed by atoms with Crippen LogP contribution in [0.25, 0.3) is 0 Å². The summed E-state index contributed by atoms with van der Waals surface area (Å²) in [7, 11) is -3.55. The van der Waals surface area contributed by atoms with Gasteiger partial charge in [-0.15, -0.1) is 0 Å². The molecule has 1 rings (SSSR count). The molecule has 0 aliphatic rings. The molecule has 0 radical (unpaired) electrons. The Labute approximate surface area is 102 Å². The number of aromatic hydroxyl groups is 1. The summed E-state index contributed by atoms with van der Waals surface area (Å²) >= 11 is 0. The number of nitrogens with one attached hydrogen (secondary N) is 2. The molecular weight excluding hydrogens is 240 g/mol. The summed E-state index contributed by atoms with van der Waals surface area (Å²) in [6.07, 6.45) is 0. The number of phenolic OH excluding ortho intramolecular Hbond substituents is 1. The van der Waals surface area contributed by atoms with Crippen LogP contribution in [-0.4, -0.2) is 20.1 Å². The van der Waals surface area contributed by atoms with Gasteiger partial charge in [0.15, 0.2) is 0 Å². The van der Waals surface area contributed by atoms with Crippen LogP contribution in [0.3, 0.4) is 0 Å². The zero-order valence-electron chi connectivity index (χ0n) is 10.2. The maximum atomic E-state index is 11.7. The van der Waals surface area contributed by atoms with Gasteiger partial charge in [0.1, 0.15) is 5.75 Å². The lowest BCUT2D eigenvalue weighted by molar-refractivity contribution is 0.475. The molecular formula is C11H18N2O3S. The van der Waals surface area contributed by atoms with Gasteiger partial charge in [0.05, 0.1) is 5.69 Å². The molecule has 1 aromatic carbocycles. The zero-order valence-corrected chi connectivity index (χ0v) is 11.0. The topological polar surface area (TPSA) is 78.4 Å². The van der Waals surface area contributed by atoms with E-state index in [2.05, 4.69) is 9.44 Å². The molecule has 0 atom stereocenters. The second-order valence-electron chi connectivity index (χ2n) is 4.35. The van der Waals surface area contributed by atoms with Crippen molar-refractivity contribution in [3.63, 3.8) is 0 Å². The quantitative estimate of drug-likeness (QED) is 0.702. The van der Waals surface area contributed by atoms with Crippen molar-refractivity contribution in [1.29, 1.82) is 0 Å². The van der Waals surface area contributed by atoms with Crippen LogP contribution in [0.1, 0.15) is 19.4 Å². The predicted molar refractivity (Wildman–Crippen MR) is 68.2 cm³/mol. The van der Waals surface area contributed by atoms with Gasteiger partial charge in [0, 0.05) is 6.54 Å². The molecule has 0 unspecified atom stereocenters. The fourth-order valence-corrected chi connectivity index (χ4v) is 2.36. The van der Waals surface area contributed by atoms with E-state index < -0.39 is 10.2 Å². The van der Waals surface area contributed by atoms with Crippen LogP contribution >= 0.6 is 0 Å². The summed E-state index contributed by atoms with van der Waals surface area (Å²) in [5, 5.41) is 9.22. The Balaban J connectivity index is 2.76. The van der Waals surface area contributed by atoms with E-state index in [9.17, 15) is 13.5 Å². The van der Waals surface area contributed by atoms with Crippen molar-refractivity contribution in [2.45, 2.75) is 20.8 Å². The Morgan fingerprint density at radius 2 is 2.00 bits per heavy atom. The van der Waals surface area contributed by atoms with Gasteiger partial charge >= 0.3 is 0 Å². The molecule has 0 spiro atoms. The van der Waals surface area contributed by atoms with E-state index in [4.69, 9.17) is 0 Å². The van der Waals surface area contributed by atoms with E-state index in [-0.39, 0.29) is 11.7 Å². The first-order valence-corrected chi connectivity index (χ1v) is 6.85. The Bertz CT molecular complexity index is 483. The van der Waals surface area contributed by atoms with Crippen LogP contribution in [0.5, 0.6) is 5.75 Å². The third-order valence-corrected chi connectivity index (χ3v) is 3.17. The maximum absolute atomic E-state index is 11.7. The van der Waals surface area contributed by atoms with Crippen molar-refractivity contribution in [2.24, 2.45) is 5.92 Å². The van der Waals surface area contributed by atoms with Crippen LogP contribution < -0.4 is 9.44 Å². The largest absolute Gasteiger partial charge is 0.508 e. The molecule has 0 bridgehead atoms. The molecule has 3 N–H and O–H groups in total. The molecule has 1 aromatic rings. The first-order valence-electron chi connectivity index (χ1n) is 5.37. The highest BCUT2D eigenvalue weighted by Crippen LogP contribution is 2.20. The van der Waals surface area contributed by atoms with Gasteiger partial charge in [-0.1, -0.05) is 13.8 Å². The number of anilines is 1. The number of hydrogen-bond acceptors (Lipinski definition) is 3. The number of phenols is 1. The molecule has 0 saturated heterocycles. The van der Waals surface area contributed by atoms with E-state index in [1.165, 1.54) is 18.2 Å². The molecule has 0 aliphatic carbocycles. The van der Waals surface area contributed by atoms with Crippen molar-refractivity contribution < 1.29 is 13.5 Å². The van der Waals surface area contributed by atoms with E-state index >= 15 is 0 Å². The highest BCUT2D eigenvalue weighted by atomic mass is 32.2. The van der Waals surface area contributed by atoms with Gasteiger partial charge in [-0.25, -0.2) is 0 Å². The smallest absolute Gasteiger partial charge is 0.299 e. The van der Waals surface area contributed by atoms with Crippen LogP contribution in [0.4, 0.5) is 5.69 Å². The van der Waals surface area contributed by atoms with Gasteiger partial charge < -0.3 is 5.11 Å². The third-order valence-electron chi connectivity index (χ3n) is 2.14. The highest BCUT2D eigenvalue weighted by Gasteiger charge is 2.11. The van der Waals surface area contributed by atoms with Crippen molar-refractivity contribution in [3.8, 4) is 5.75 Å². The second kappa shape index (κ2) is 5.37. The van der Waals surface area contributed by atoms with Crippen LogP contribution in [0.2, 0.25) is 0 Å². The summed E-state index contributed by atoms with van der Waals surface area (Å²) in [6.45, 7) is 5.95. The first-order chi connectivity index (χ1) is 7.80. The van der Waals surface area contributed by atoms with E-state index in [1.807, 2.05) is 13.8 Å². The Morgan fingerprint density at radius 3 is 2.53 bits per heavy atom. The molecule has 0 heterocycles. The molecule has 0 fully saturated rings. The van der Waals surface area contributed by atoms with E-state index in [0.29, 0.717) is 17.8 Å². The second-order valence-corrected chi connectivity index (χ2v) is 5.85. The van der Waals surface area contributed by atoms with E-state index in [1.54, 1.807) is 6.92 Å². The molecule has 6 heteroatoms. The van der Waals surface area contributed by atoms with Crippen LogP contribution in [0, 0.1) is 12.8 Å². The SMILES string of the molecule is Cc1cc(O)ccc1NS(=O)(=O)NCC(C)C. The fraction of sp³-hybridized carbons (Fsp3) is 0.455. The lowest BCUT2D eigenvalue weighted by Gasteiger charge is -2.12. The maximum Gasteiger partial charge on any atom is 0.299 e. The predicted octanol–water partition coefficient (Wildman–Crippen LogP) is 1.60. The molecule has 96 valence electrons. The molecule has 0 aliphatic heterocycles. The lowest BCUT2D eigenvalue weighted by atomic mass is 10.2. The van der Waals surface area contributed by atoms with Gasteiger partial charge in [-0.05, 0) is 36.6 Å². The minimum absolute atomic E-state index is 0.112. The Hall–Kier alpha value is -1.27. The summed E-state index contributed by atoms with van der Waals surface area (Å²) in [6, 6.07) is 4.47. The van der Waals surface area contributed by atoms with Crippen molar-refractivity contribution in [3.05, 3.63) is 23.8 Å². The van der Waals surface area contributed by atoms with Gasteiger partial charge in [-0.3, -0.25) is 4.72 Å². The Morgan fingerprint density at radius 1 is 1.35 bits per heavy atom. The Kier molecular flexibility index (Phi) is 4.36. The fourth-order valence-electron chi connectivity index (χ4n) is 1.22. The zero-order chi connectivity index (χ0) is 13.1. The molecule has 0 saturated carbocycles. The molecule has 0 amide bonds. The minimum Gasteiger partial charge on any atom is -0.508 e. The third kappa shape index (κ3) is 4.62. The summed E-state index contributed by atoms with van der Waals surface area (Å²) in [5.74, 6) is 0.355. The number of rotatable bonds is 5. The number of benzene rings is 1. The normalized spacial score (nSPS) is 11.8.